The zero-order valence-corrected chi connectivity index (χ0v) is 11.2. The van der Waals surface area contributed by atoms with Gasteiger partial charge in [-0.15, -0.1) is 0 Å². The monoisotopic (exact) mass is 254 g/mol. The first-order valence-electron chi connectivity index (χ1n) is 5.17. The van der Waals surface area contributed by atoms with E-state index in [0.29, 0.717) is 13.0 Å². The van der Waals surface area contributed by atoms with E-state index in [2.05, 4.69) is 10.6 Å². The normalized spacial score (nSPS) is 11.9. The molecule has 0 heterocycles. The van der Waals surface area contributed by atoms with Crippen LogP contribution in [0.1, 0.15) is 6.42 Å². The minimum absolute atomic E-state index is 0.255. The second-order valence-corrected chi connectivity index (χ2v) is 6.64. The summed E-state index contributed by atoms with van der Waals surface area (Å²) in [6.45, 7) is 2.22. The Balaban J connectivity index is 3.47. The molecule has 15 heavy (non-hydrogen) atoms. The van der Waals surface area contributed by atoms with Crippen LogP contribution in [0.5, 0.6) is 0 Å². The van der Waals surface area contributed by atoms with Crippen molar-refractivity contribution in [3.05, 3.63) is 0 Å². The number of nitrogens with one attached hydrogen (secondary N) is 2. The lowest BCUT2D eigenvalue weighted by Gasteiger charge is -2.05. The fourth-order valence-electron chi connectivity index (χ4n) is 1.10. The first-order chi connectivity index (χ1) is 7.12. The molecule has 6 heteroatoms. The summed E-state index contributed by atoms with van der Waals surface area (Å²) in [5, 5.41) is 6.06. The topological polar surface area (TPSA) is 58.2 Å². The molecular formula is C9H22N2O2S2. The van der Waals surface area contributed by atoms with E-state index >= 15 is 0 Å². The van der Waals surface area contributed by atoms with Gasteiger partial charge >= 0.3 is 0 Å². The molecule has 0 aliphatic carbocycles. The third kappa shape index (κ3) is 10.5. The molecule has 0 fully saturated rings. The highest BCUT2D eigenvalue weighted by molar-refractivity contribution is 7.98. The smallest absolute Gasteiger partial charge is 0.151 e. The second kappa shape index (κ2) is 9.45. The van der Waals surface area contributed by atoms with E-state index < -0.39 is 9.84 Å². The average molecular weight is 254 g/mol. The van der Waals surface area contributed by atoms with Gasteiger partial charge in [0.25, 0.3) is 0 Å². The number of hydrogen-bond donors (Lipinski definition) is 2. The van der Waals surface area contributed by atoms with Crippen LogP contribution in [0.15, 0.2) is 0 Å². The van der Waals surface area contributed by atoms with Gasteiger partial charge in [-0.05, 0) is 26.3 Å². The maximum atomic E-state index is 11.5. The lowest BCUT2D eigenvalue weighted by molar-refractivity contribution is 0.588. The van der Waals surface area contributed by atoms with Crippen LogP contribution in [0.25, 0.3) is 0 Å². The molecule has 0 bridgehead atoms. The standard InChI is InChI=1S/C9H22N2O2S2/c1-10-4-3-8-15(12,13)9-6-11-5-7-14-2/h10-11H,3-9H2,1-2H3. The van der Waals surface area contributed by atoms with Crippen molar-refractivity contribution in [3.63, 3.8) is 0 Å². The number of rotatable bonds is 10. The molecule has 4 nitrogen and oxygen atoms in total. The Morgan fingerprint density at radius 3 is 2.47 bits per heavy atom. The zero-order valence-electron chi connectivity index (χ0n) is 9.58. The quantitative estimate of drug-likeness (QED) is 0.536. The second-order valence-electron chi connectivity index (χ2n) is 3.35. The third-order valence-electron chi connectivity index (χ3n) is 1.95. The molecule has 0 atom stereocenters. The summed E-state index contributed by atoms with van der Waals surface area (Å²) < 4.78 is 22.9. The van der Waals surface area contributed by atoms with Crippen molar-refractivity contribution in [2.24, 2.45) is 0 Å². The molecule has 0 saturated carbocycles. The lowest BCUT2D eigenvalue weighted by atomic mass is 10.5. The highest BCUT2D eigenvalue weighted by atomic mass is 32.2. The summed E-state index contributed by atoms with van der Waals surface area (Å²) in [5.41, 5.74) is 0. The van der Waals surface area contributed by atoms with Gasteiger partial charge < -0.3 is 10.6 Å². The minimum Gasteiger partial charge on any atom is -0.320 e. The maximum Gasteiger partial charge on any atom is 0.151 e. The first kappa shape index (κ1) is 15.2. The van der Waals surface area contributed by atoms with Crippen LogP contribution in [-0.4, -0.2) is 58.6 Å². The summed E-state index contributed by atoms with van der Waals surface area (Å²) in [6.07, 6.45) is 2.74. The van der Waals surface area contributed by atoms with Gasteiger partial charge in [0.1, 0.15) is 0 Å². The summed E-state index contributed by atoms with van der Waals surface area (Å²) in [7, 11) is -1.02. The summed E-state index contributed by atoms with van der Waals surface area (Å²) in [4.78, 5) is 0. The Bertz CT molecular complexity index is 230. The van der Waals surface area contributed by atoms with Crippen LogP contribution in [0, 0.1) is 0 Å². The van der Waals surface area contributed by atoms with Gasteiger partial charge in [-0.2, -0.15) is 11.8 Å². The highest BCUT2D eigenvalue weighted by Gasteiger charge is 2.08. The van der Waals surface area contributed by atoms with E-state index in [9.17, 15) is 8.42 Å². The Morgan fingerprint density at radius 2 is 1.87 bits per heavy atom. The van der Waals surface area contributed by atoms with E-state index in [0.717, 1.165) is 18.8 Å². The predicted molar refractivity (Wildman–Crippen MR) is 68.4 cm³/mol. The van der Waals surface area contributed by atoms with Crippen molar-refractivity contribution in [2.45, 2.75) is 6.42 Å². The molecular weight excluding hydrogens is 232 g/mol. The molecule has 0 aliphatic rings. The summed E-state index contributed by atoms with van der Waals surface area (Å²) in [5.74, 6) is 1.57. The van der Waals surface area contributed by atoms with E-state index in [1.807, 2.05) is 13.3 Å². The van der Waals surface area contributed by atoms with Crippen molar-refractivity contribution >= 4 is 21.6 Å². The molecule has 0 unspecified atom stereocenters. The summed E-state index contributed by atoms with van der Waals surface area (Å²) >= 11 is 1.76. The Hall–Kier alpha value is 0.220. The minimum atomic E-state index is -2.85. The van der Waals surface area contributed by atoms with Gasteiger partial charge in [0.15, 0.2) is 9.84 Å². The first-order valence-corrected chi connectivity index (χ1v) is 8.38. The molecule has 0 saturated heterocycles. The van der Waals surface area contributed by atoms with Crippen LogP contribution in [0.2, 0.25) is 0 Å². The van der Waals surface area contributed by atoms with Crippen molar-refractivity contribution in [1.29, 1.82) is 0 Å². The number of hydrogen-bond acceptors (Lipinski definition) is 5. The molecule has 0 aromatic heterocycles. The van der Waals surface area contributed by atoms with Gasteiger partial charge in [0.05, 0.1) is 11.5 Å². The molecule has 2 N–H and O–H groups in total. The highest BCUT2D eigenvalue weighted by Crippen LogP contribution is 1.93. The van der Waals surface area contributed by atoms with Gasteiger partial charge in [0, 0.05) is 18.8 Å². The molecule has 0 amide bonds. The predicted octanol–water partition coefficient (Wildman–Crippen LogP) is -0.0367. The fraction of sp³-hybridized carbons (Fsp3) is 1.00. The zero-order chi connectivity index (χ0) is 11.6. The summed E-state index contributed by atoms with van der Waals surface area (Å²) in [6, 6.07) is 0. The molecule has 0 spiro atoms. The van der Waals surface area contributed by atoms with Crippen molar-refractivity contribution in [2.75, 3.05) is 50.2 Å². The number of sulfone groups is 1. The van der Waals surface area contributed by atoms with Crippen LogP contribution in [0.4, 0.5) is 0 Å². The van der Waals surface area contributed by atoms with Crippen LogP contribution >= 0.6 is 11.8 Å². The van der Waals surface area contributed by atoms with Gasteiger partial charge in [-0.3, -0.25) is 0 Å². The SMILES string of the molecule is CNCCCS(=O)(=O)CCNCCSC. The Labute approximate surface area is 97.5 Å². The molecule has 92 valence electrons. The van der Waals surface area contributed by atoms with Crippen LogP contribution in [-0.2, 0) is 9.84 Å². The Kier molecular flexibility index (Phi) is 9.58. The molecule has 0 aliphatic heterocycles. The van der Waals surface area contributed by atoms with E-state index in [1.165, 1.54) is 0 Å². The van der Waals surface area contributed by atoms with E-state index in [4.69, 9.17) is 0 Å². The molecule has 0 rings (SSSR count). The van der Waals surface area contributed by atoms with Gasteiger partial charge in [-0.1, -0.05) is 0 Å². The molecule has 0 radical (unpaired) electrons. The van der Waals surface area contributed by atoms with Crippen molar-refractivity contribution < 1.29 is 8.42 Å². The Morgan fingerprint density at radius 1 is 1.13 bits per heavy atom. The van der Waals surface area contributed by atoms with Crippen molar-refractivity contribution in [1.82, 2.24) is 10.6 Å². The average Bonchev–Trinajstić information content (AvgIpc) is 2.17. The van der Waals surface area contributed by atoms with Crippen LogP contribution in [0.3, 0.4) is 0 Å². The van der Waals surface area contributed by atoms with Crippen LogP contribution < -0.4 is 10.6 Å². The van der Waals surface area contributed by atoms with Gasteiger partial charge in [0.2, 0.25) is 0 Å². The molecule has 0 aromatic rings. The van der Waals surface area contributed by atoms with E-state index in [1.54, 1.807) is 11.8 Å². The third-order valence-corrected chi connectivity index (χ3v) is 4.30. The maximum absolute atomic E-state index is 11.5. The largest absolute Gasteiger partial charge is 0.320 e. The lowest BCUT2D eigenvalue weighted by Crippen LogP contribution is -2.26. The fourth-order valence-corrected chi connectivity index (χ4v) is 2.69. The van der Waals surface area contributed by atoms with Gasteiger partial charge in [-0.25, -0.2) is 8.42 Å². The van der Waals surface area contributed by atoms with Crippen molar-refractivity contribution in [3.8, 4) is 0 Å². The van der Waals surface area contributed by atoms with E-state index in [-0.39, 0.29) is 11.5 Å². The number of thioether (sulfide) groups is 1. The molecule has 0 aromatic carbocycles.